The van der Waals surface area contributed by atoms with Crippen molar-refractivity contribution in [3.05, 3.63) is 29.8 Å². The van der Waals surface area contributed by atoms with Crippen LogP contribution in [0, 0.1) is 5.92 Å². The summed E-state index contributed by atoms with van der Waals surface area (Å²) in [6.45, 7) is 2.68. The molecule has 1 aromatic carbocycles. The Balaban J connectivity index is 0.00000392. The Labute approximate surface area is 181 Å². The van der Waals surface area contributed by atoms with Crippen LogP contribution in [0.25, 0.3) is 0 Å². The van der Waals surface area contributed by atoms with Crippen LogP contribution in [0.15, 0.2) is 29.3 Å². The SMILES string of the molecule is CCNC(=NCC(O)c1cccc(OC)c1)NC1CCC(C(F)(F)F)CC1.I. The maximum absolute atomic E-state index is 12.8. The van der Waals surface area contributed by atoms with Gasteiger partial charge in [0.2, 0.25) is 0 Å². The molecule has 0 aromatic heterocycles. The first-order valence-electron chi connectivity index (χ1n) is 9.27. The molecule has 1 unspecified atom stereocenters. The lowest BCUT2D eigenvalue weighted by Gasteiger charge is -2.31. The second-order valence-electron chi connectivity index (χ2n) is 6.75. The molecule has 1 fully saturated rings. The highest BCUT2D eigenvalue weighted by Crippen LogP contribution is 2.37. The number of methoxy groups -OCH3 is 1. The van der Waals surface area contributed by atoms with Crippen molar-refractivity contribution in [2.24, 2.45) is 10.9 Å². The molecule has 3 N–H and O–H groups in total. The van der Waals surface area contributed by atoms with Crippen LogP contribution in [0.5, 0.6) is 5.75 Å². The summed E-state index contributed by atoms with van der Waals surface area (Å²) in [5, 5.41) is 16.6. The summed E-state index contributed by atoms with van der Waals surface area (Å²) in [6, 6.07) is 7.09. The highest BCUT2D eigenvalue weighted by atomic mass is 127. The molecule has 5 nitrogen and oxygen atoms in total. The molecule has 0 spiro atoms. The fraction of sp³-hybridized carbons (Fsp3) is 0.632. The summed E-state index contributed by atoms with van der Waals surface area (Å²) < 4.78 is 43.5. The second kappa shape index (κ2) is 11.7. The molecule has 160 valence electrons. The van der Waals surface area contributed by atoms with Crippen molar-refractivity contribution in [2.75, 3.05) is 20.2 Å². The van der Waals surface area contributed by atoms with Crippen molar-refractivity contribution in [3.8, 4) is 5.75 Å². The van der Waals surface area contributed by atoms with Gasteiger partial charge in [0.15, 0.2) is 5.96 Å². The van der Waals surface area contributed by atoms with E-state index in [1.165, 1.54) is 0 Å². The molecule has 1 aromatic rings. The lowest BCUT2D eigenvalue weighted by molar-refractivity contribution is -0.182. The molecule has 1 atom stereocenters. The summed E-state index contributed by atoms with van der Waals surface area (Å²) in [5.74, 6) is -0.0400. The number of ether oxygens (including phenoxy) is 1. The van der Waals surface area contributed by atoms with Gasteiger partial charge in [-0.05, 0) is 50.3 Å². The largest absolute Gasteiger partial charge is 0.497 e. The maximum Gasteiger partial charge on any atom is 0.391 e. The topological polar surface area (TPSA) is 65.9 Å². The van der Waals surface area contributed by atoms with E-state index in [0.29, 0.717) is 36.7 Å². The predicted molar refractivity (Wildman–Crippen MR) is 114 cm³/mol. The number of hydrogen-bond acceptors (Lipinski definition) is 3. The van der Waals surface area contributed by atoms with Crippen molar-refractivity contribution >= 4 is 29.9 Å². The van der Waals surface area contributed by atoms with Gasteiger partial charge in [0.05, 0.1) is 25.7 Å². The molecule has 0 heterocycles. The van der Waals surface area contributed by atoms with Gasteiger partial charge in [-0.3, -0.25) is 4.99 Å². The molecule has 1 aliphatic rings. The van der Waals surface area contributed by atoms with Crippen molar-refractivity contribution in [1.82, 2.24) is 10.6 Å². The summed E-state index contributed by atoms with van der Waals surface area (Å²) in [7, 11) is 1.56. The van der Waals surface area contributed by atoms with Crippen LogP contribution in [0.1, 0.15) is 44.3 Å². The van der Waals surface area contributed by atoms with Crippen LogP contribution in [0.4, 0.5) is 13.2 Å². The highest BCUT2D eigenvalue weighted by Gasteiger charge is 2.41. The Bertz CT molecular complexity index is 621. The number of halogens is 4. The third-order valence-electron chi connectivity index (χ3n) is 4.78. The Kier molecular flexibility index (Phi) is 10.4. The van der Waals surface area contributed by atoms with Gasteiger partial charge in [0, 0.05) is 12.6 Å². The average molecular weight is 515 g/mol. The minimum atomic E-state index is -4.11. The molecule has 2 rings (SSSR count). The van der Waals surface area contributed by atoms with E-state index in [2.05, 4.69) is 15.6 Å². The number of guanidine groups is 1. The van der Waals surface area contributed by atoms with Crippen molar-refractivity contribution in [1.29, 1.82) is 0 Å². The normalized spacial score (nSPS) is 21.4. The number of nitrogens with one attached hydrogen (secondary N) is 2. The first-order chi connectivity index (χ1) is 12.8. The lowest BCUT2D eigenvalue weighted by atomic mass is 9.85. The molecule has 1 aliphatic carbocycles. The molecule has 0 bridgehead atoms. The van der Waals surface area contributed by atoms with E-state index >= 15 is 0 Å². The van der Waals surface area contributed by atoms with Crippen molar-refractivity contribution in [3.63, 3.8) is 0 Å². The van der Waals surface area contributed by atoms with Crippen molar-refractivity contribution < 1.29 is 23.0 Å². The van der Waals surface area contributed by atoms with Gasteiger partial charge in [0.1, 0.15) is 5.75 Å². The van der Waals surface area contributed by atoms with Crippen LogP contribution in [-0.2, 0) is 0 Å². The zero-order valence-electron chi connectivity index (χ0n) is 16.1. The second-order valence-corrected chi connectivity index (χ2v) is 6.75. The minimum absolute atomic E-state index is 0. The zero-order chi connectivity index (χ0) is 19.9. The zero-order valence-corrected chi connectivity index (χ0v) is 18.5. The number of rotatable bonds is 6. The molecule has 1 saturated carbocycles. The number of aliphatic hydroxyl groups excluding tert-OH is 1. The van der Waals surface area contributed by atoms with Crippen LogP contribution >= 0.6 is 24.0 Å². The number of nitrogens with zero attached hydrogens (tertiary/aromatic N) is 1. The Morgan fingerprint density at radius 1 is 1.29 bits per heavy atom. The van der Waals surface area contributed by atoms with E-state index in [1.807, 2.05) is 6.92 Å². The fourth-order valence-corrected chi connectivity index (χ4v) is 3.21. The van der Waals surface area contributed by atoms with Crippen LogP contribution in [-0.4, -0.2) is 43.5 Å². The average Bonchev–Trinajstić information content (AvgIpc) is 2.65. The molecular weight excluding hydrogens is 486 g/mol. The molecule has 28 heavy (non-hydrogen) atoms. The molecule has 0 aliphatic heterocycles. The van der Waals surface area contributed by atoms with Gasteiger partial charge >= 0.3 is 6.18 Å². The summed E-state index contributed by atoms with van der Waals surface area (Å²) in [4.78, 5) is 4.39. The van der Waals surface area contributed by atoms with Crippen LogP contribution in [0.2, 0.25) is 0 Å². The third kappa shape index (κ3) is 7.65. The number of aliphatic imine (C=N–C) groups is 1. The standard InChI is InChI=1S/C19H28F3N3O2.HI/c1-3-23-18(25-15-9-7-14(8-10-15)19(20,21)22)24-12-17(26)13-5-4-6-16(11-13)27-2;/h4-6,11,14-15,17,26H,3,7-10,12H2,1-2H3,(H2,23,24,25);1H. The fourth-order valence-electron chi connectivity index (χ4n) is 3.21. The quantitative estimate of drug-likeness (QED) is 0.304. The van der Waals surface area contributed by atoms with Gasteiger partial charge in [0.25, 0.3) is 0 Å². The maximum atomic E-state index is 12.8. The Morgan fingerprint density at radius 3 is 2.54 bits per heavy atom. The van der Waals surface area contributed by atoms with Gasteiger partial charge < -0.3 is 20.5 Å². The first kappa shape index (κ1) is 24.8. The summed E-state index contributed by atoms with van der Waals surface area (Å²) in [6.07, 6.45) is -3.73. The van der Waals surface area contributed by atoms with E-state index in [1.54, 1.807) is 31.4 Å². The smallest absolute Gasteiger partial charge is 0.391 e. The number of hydrogen-bond donors (Lipinski definition) is 3. The van der Waals surface area contributed by atoms with E-state index in [4.69, 9.17) is 4.74 Å². The van der Waals surface area contributed by atoms with E-state index in [9.17, 15) is 18.3 Å². The molecule has 0 amide bonds. The number of aliphatic hydroxyl groups is 1. The third-order valence-corrected chi connectivity index (χ3v) is 4.78. The Morgan fingerprint density at radius 2 is 1.96 bits per heavy atom. The minimum Gasteiger partial charge on any atom is -0.497 e. The highest BCUT2D eigenvalue weighted by molar-refractivity contribution is 14.0. The number of benzene rings is 1. The molecule has 9 heteroatoms. The van der Waals surface area contributed by atoms with E-state index < -0.39 is 18.2 Å². The lowest BCUT2D eigenvalue weighted by Crippen LogP contribution is -2.46. The summed E-state index contributed by atoms with van der Waals surface area (Å²) >= 11 is 0. The first-order valence-corrected chi connectivity index (χ1v) is 9.27. The van der Waals surface area contributed by atoms with Gasteiger partial charge in [-0.1, -0.05) is 12.1 Å². The Hall–Kier alpha value is -1.23. The van der Waals surface area contributed by atoms with Crippen LogP contribution in [0.3, 0.4) is 0 Å². The van der Waals surface area contributed by atoms with Gasteiger partial charge in [-0.2, -0.15) is 13.2 Å². The predicted octanol–water partition coefficient (Wildman–Crippen LogP) is 4.02. The monoisotopic (exact) mass is 515 g/mol. The summed E-state index contributed by atoms with van der Waals surface area (Å²) in [5.41, 5.74) is 0.694. The molecule has 0 saturated heterocycles. The number of alkyl halides is 3. The van der Waals surface area contributed by atoms with Gasteiger partial charge in [-0.15, -0.1) is 24.0 Å². The van der Waals surface area contributed by atoms with Crippen LogP contribution < -0.4 is 15.4 Å². The van der Waals surface area contributed by atoms with Gasteiger partial charge in [-0.25, -0.2) is 0 Å². The van der Waals surface area contributed by atoms with E-state index in [-0.39, 0.29) is 49.4 Å². The van der Waals surface area contributed by atoms with E-state index in [0.717, 1.165) is 0 Å². The molecule has 0 radical (unpaired) electrons. The van der Waals surface area contributed by atoms with Crippen molar-refractivity contribution in [2.45, 2.75) is 50.9 Å². The molecular formula is C19H29F3IN3O2.